The van der Waals surface area contributed by atoms with Gasteiger partial charge in [-0.05, 0) is 44.0 Å². The van der Waals surface area contributed by atoms with Gasteiger partial charge in [0.15, 0.2) is 0 Å². The molecular formula is C15H20N2O2. The molecule has 4 heteroatoms. The van der Waals surface area contributed by atoms with E-state index in [4.69, 9.17) is 4.74 Å². The zero-order chi connectivity index (χ0) is 13.1. The van der Waals surface area contributed by atoms with Gasteiger partial charge in [-0.1, -0.05) is 18.2 Å². The van der Waals surface area contributed by atoms with Crippen molar-refractivity contribution < 1.29 is 9.53 Å². The second-order valence-corrected chi connectivity index (χ2v) is 5.18. The molecule has 0 aromatic heterocycles. The van der Waals surface area contributed by atoms with Crippen molar-refractivity contribution in [2.24, 2.45) is 0 Å². The molecule has 1 aromatic carbocycles. The van der Waals surface area contributed by atoms with Crippen molar-refractivity contribution >= 4 is 11.6 Å². The monoisotopic (exact) mass is 260 g/mol. The Hall–Kier alpha value is -1.39. The Morgan fingerprint density at radius 1 is 1.32 bits per heavy atom. The van der Waals surface area contributed by atoms with Gasteiger partial charge in [-0.25, -0.2) is 0 Å². The zero-order valence-corrected chi connectivity index (χ0v) is 11.1. The van der Waals surface area contributed by atoms with Crippen LogP contribution in [0.1, 0.15) is 18.4 Å². The van der Waals surface area contributed by atoms with E-state index in [1.807, 2.05) is 23.1 Å². The number of rotatable bonds is 3. The second kappa shape index (κ2) is 5.72. The first-order chi connectivity index (χ1) is 9.34. The number of carbonyl (C=O) groups is 1. The normalized spacial score (nSPS) is 19.5. The third-order valence-corrected chi connectivity index (χ3v) is 3.92. The van der Waals surface area contributed by atoms with Gasteiger partial charge < -0.3 is 15.0 Å². The molecule has 102 valence electrons. The molecule has 1 aromatic rings. The first-order valence-corrected chi connectivity index (χ1v) is 7.05. The van der Waals surface area contributed by atoms with E-state index in [2.05, 4.69) is 11.4 Å². The van der Waals surface area contributed by atoms with Crippen molar-refractivity contribution in [3.63, 3.8) is 0 Å². The van der Waals surface area contributed by atoms with Crippen molar-refractivity contribution in [1.29, 1.82) is 0 Å². The number of carbonyl (C=O) groups excluding carboxylic acids is 1. The molecule has 0 aliphatic carbocycles. The highest BCUT2D eigenvalue weighted by Crippen LogP contribution is 2.27. The SMILES string of the molecule is O=C(COC1CCNCC1)N1CCc2ccccc21. The predicted octanol–water partition coefficient (Wildman–Crippen LogP) is 1.34. The lowest BCUT2D eigenvalue weighted by Gasteiger charge is -2.24. The molecule has 2 heterocycles. The smallest absolute Gasteiger partial charge is 0.253 e. The van der Waals surface area contributed by atoms with Crippen molar-refractivity contribution in [3.8, 4) is 0 Å². The Labute approximate surface area is 113 Å². The van der Waals surface area contributed by atoms with E-state index in [9.17, 15) is 4.79 Å². The van der Waals surface area contributed by atoms with Gasteiger partial charge in [-0.2, -0.15) is 0 Å². The minimum atomic E-state index is 0.0866. The Morgan fingerprint density at radius 2 is 2.11 bits per heavy atom. The molecule has 4 nitrogen and oxygen atoms in total. The van der Waals surface area contributed by atoms with Crippen LogP contribution in [-0.4, -0.2) is 38.3 Å². The number of nitrogens with zero attached hydrogens (tertiary/aromatic N) is 1. The lowest BCUT2D eigenvalue weighted by molar-refractivity contribution is -0.125. The van der Waals surface area contributed by atoms with E-state index >= 15 is 0 Å². The highest BCUT2D eigenvalue weighted by molar-refractivity contribution is 5.96. The molecule has 2 aliphatic rings. The number of fused-ring (bicyclic) bond motifs is 1. The minimum absolute atomic E-state index is 0.0866. The molecule has 3 rings (SSSR count). The van der Waals surface area contributed by atoms with Crippen LogP contribution in [0.5, 0.6) is 0 Å². The fraction of sp³-hybridized carbons (Fsp3) is 0.533. The number of anilines is 1. The molecule has 1 fully saturated rings. The van der Waals surface area contributed by atoms with Crippen LogP contribution in [0.2, 0.25) is 0 Å². The molecule has 0 saturated carbocycles. The zero-order valence-electron chi connectivity index (χ0n) is 11.1. The first kappa shape index (κ1) is 12.6. The number of piperidine rings is 1. The van der Waals surface area contributed by atoms with Crippen molar-refractivity contribution in [2.75, 3.05) is 31.1 Å². The Bertz CT molecular complexity index is 455. The second-order valence-electron chi connectivity index (χ2n) is 5.18. The molecule has 0 radical (unpaired) electrons. The Kier molecular flexibility index (Phi) is 3.80. The van der Waals surface area contributed by atoms with Gasteiger partial charge in [-0.3, -0.25) is 4.79 Å². The maximum atomic E-state index is 12.2. The summed E-state index contributed by atoms with van der Waals surface area (Å²) in [6, 6.07) is 8.12. The molecule has 0 spiro atoms. The largest absolute Gasteiger partial charge is 0.368 e. The fourth-order valence-corrected chi connectivity index (χ4v) is 2.83. The topological polar surface area (TPSA) is 41.6 Å². The summed E-state index contributed by atoms with van der Waals surface area (Å²) >= 11 is 0. The van der Waals surface area contributed by atoms with E-state index in [1.54, 1.807) is 0 Å². The number of amides is 1. The highest BCUT2D eigenvalue weighted by Gasteiger charge is 2.25. The molecule has 0 atom stereocenters. The number of nitrogens with one attached hydrogen (secondary N) is 1. The summed E-state index contributed by atoms with van der Waals surface area (Å²) < 4.78 is 5.74. The van der Waals surface area contributed by atoms with Gasteiger partial charge >= 0.3 is 0 Å². The van der Waals surface area contributed by atoms with E-state index in [0.29, 0.717) is 0 Å². The average molecular weight is 260 g/mol. The van der Waals surface area contributed by atoms with Crippen molar-refractivity contribution in [2.45, 2.75) is 25.4 Å². The molecule has 0 unspecified atom stereocenters. The highest BCUT2D eigenvalue weighted by atomic mass is 16.5. The van der Waals surface area contributed by atoms with Gasteiger partial charge in [0.2, 0.25) is 0 Å². The standard InChI is InChI=1S/C15H20N2O2/c18-15(11-19-13-5-8-16-9-6-13)17-10-7-12-3-1-2-4-14(12)17/h1-4,13,16H,5-11H2. The maximum absolute atomic E-state index is 12.2. The van der Waals surface area contributed by atoms with Gasteiger partial charge in [-0.15, -0.1) is 0 Å². The van der Waals surface area contributed by atoms with E-state index in [0.717, 1.165) is 44.6 Å². The third-order valence-electron chi connectivity index (χ3n) is 3.92. The summed E-state index contributed by atoms with van der Waals surface area (Å²) in [5, 5.41) is 3.30. The first-order valence-electron chi connectivity index (χ1n) is 7.05. The van der Waals surface area contributed by atoms with Crippen LogP contribution in [0, 0.1) is 0 Å². The summed E-state index contributed by atoms with van der Waals surface area (Å²) in [7, 11) is 0. The molecule has 0 bridgehead atoms. The minimum Gasteiger partial charge on any atom is -0.368 e. The van der Waals surface area contributed by atoms with Crippen LogP contribution >= 0.6 is 0 Å². The summed E-state index contributed by atoms with van der Waals surface area (Å²) in [5.41, 5.74) is 2.32. The van der Waals surface area contributed by atoms with Gasteiger partial charge in [0.25, 0.3) is 5.91 Å². The van der Waals surface area contributed by atoms with Crippen LogP contribution in [0.4, 0.5) is 5.69 Å². The summed E-state index contributed by atoms with van der Waals surface area (Å²) in [5.74, 6) is 0.0866. The number of hydrogen-bond donors (Lipinski definition) is 1. The van der Waals surface area contributed by atoms with E-state index in [-0.39, 0.29) is 18.6 Å². The van der Waals surface area contributed by atoms with Gasteiger partial charge in [0.1, 0.15) is 6.61 Å². The quantitative estimate of drug-likeness (QED) is 0.892. The number of benzene rings is 1. The van der Waals surface area contributed by atoms with Crippen molar-refractivity contribution in [1.82, 2.24) is 5.32 Å². The van der Waals surface area contributed by atoms with Crippen LogP contribution in [0.15, 0.2) is 24.3 Å². The van der Waals surface area contributed by atoms with Crippen LogP contribution in [0.25, 0.3) is 0 Å². The maximum Gasteiger partial charge on any atom is 0.253 e. The number of para-hydroxylation sites is 1. The van der Waals surface area contributed by atoms with E-state index in [1.165, 1.54) is 5.56 Å². The fourth-order valence-electron chi connectivity index (χ4n) is 2.83. The number of ether oxygens (including phenoxy) is 1. The molecule has 1 amide bonds. The van der Waals surface area contributed by atoms with Gasteiger partial charge in [0, 0.05) is 12.2 Å². The number of hydrogen-bond acceptors (Lipinski definition) is 3. The predicted molar refractivity (Wildman–Crippen MR) is 74.3 cm³/mol. The lowest BCUT2D eigenvalue weighted by atomic mass is 10.1. The third kappa shape index (κ3) is 2.80. The molecule has 19 heavy (non-hydrogen) atoms. The van der Waals surface area contributed by atoms with E-state index < -0.39 is 0 Å². The molecule has 1 saturated heterocycles. The lowest BCUT2D eigenvalue weighted by Crippen LogP contribution is -2.37. The summed E-state index contributed by atoms with van der Waals surface area (Å²) in [6.07, 6.45) is 3.20. The molecule has 2 aliphatic heterocycles. The molecular weight excluding hydrogens is 240 g/mol. The van der Waals surface area contributed by atoms with Crippen LogP contribution in [-0.2, 0) is 16.0 Å². The average Bonchev–Trinajstić information content (AvgIpc) is 2.90. The van der Waals surface area contributed by atoms with Crippen LogP contribution < -0.4 is 10.2 Å². The Morgan fingerprint density at radius 3 is 2.95 bits per heavy atom. The Balaban J connectivity index is 1.56. The molecule has 1 N–H and O–H groups in total. The van der Waals surface area contributed by atoms with Crippen molar-refractivity contribution in [3.05, 3.63) is 29.8 Å². The van der Waals surface area contributed by atoms with Gasteiger partial charge in [0.05, 0.1) is 6.10 Å². The van der Waals surface area contributed by atoms with Crippen LogP contribution in [0.3, 0.4) is 0 Å². The summed E-state index contributed by atoms with van der Waals surface area (Å²) in [6.45, 7) is 2.98. The summed E-state index contributed by atoms with van der Waals surface area (Å²) in [4.78, 5) is 14.1.